The fourth-order valence-electron chi connectivity index (χ4n) is 3.49. The van der Waals surface area contributed by atoms with Gasteiger partial charge in [-0.1, -0.05) is 35.9 Å². The van der Waals surface area contributed by atoms with E-state index in [0.717, 1.165) is 5.56 Å². The number of hydrogen-bond acceptors (Lipinski definition) is 6. The Bertz CT molecular complexity index is 1430. The Morgan fingerprint density at radius 1 is 1.18 bits per heavy atom. The molecular formula is C23H23BClN5O3S. The van der Waals surface area contributed by atoms with Crippen LogP contribution < -0.4 is 15.5 Å². The van der Waals surface area contributed by atoms with E-state index in [1.807, 2.05) is 24.3 Å². The highest BCUT2D eigenvalue weighted by atomic mass is 35.5. The normalized spacial score (nSPS) is 11.8. The molecule has 8 nitrogen and oxygen atoms in total. The van der Waals surface area contributed by atoms with Crippen molar-refractivity contribution in [3.8, 4) is 17.0 Å². The molecule has 0 aliphatic carbocycles. The van der Waals surface area contributed by atoms with Crippen LogP contribution in [0.5, 0.6) is 5.75 Å². The fourth-order valence-corrected chi connectivity index (χ4v) is 4.97. The second-order valence-electron chi connectivity index (χ2n) is 7.63. The number of fused-ring (bicyclic) bond motifs is 1. The number of anilines is 1. The molecule has 2 radical (unpaired) electrons. The van der Waals surface area contributed by atoms with Crippen molar-refractivity contribution in [3.05, 3.63) is 65.8 Å². The zero-order valence-corrected chi connectivity index (χ0v) is 20.3. The van der Waals surface area contributed by atoms with E-state index >= 15 is 0 Å². The smallest absolute Gasteiger partial charge is 0.242 e. The van der Waals surface area contributed by atoms with E-state index in [1.54, 1.807) is 42.0 Å². The Morgan fingerprint density at radius 2 is 1.97 bits per heavy atom. The van der Waals surface area contributed by atoms with E-state index < -0.39 is 10.0 Å². The topological polar surface area (TPSA) is 88.8 Å². The molecule has 0 saturated carbocycles. The van der Waals surface area contributed by atoms with Crippen molar-refractivity contribution in [2.75, 3.05) is 32.6 Å². The van der Waals surface area contributed by atoms with Gasteiger partial charge in [0.15, 0.2) is 5.65 Å². The highest BCUT2D eigenvalue weighted by molar-refractivity contribution is 7.89. The lowest BCUT2D eigenvalue weighted by atomic mass is 10.0. The molecule has 11 heteroatoms. The molecule has 1 N–H and O–H groups in total. The maximum Gasteiger partial charge on any atom is 0.242 e. The summed E-state index contributed by atoms with van der Waals surface area (Å²) in [6, 6.07) is 15.7. The molecule has 0 spiro atoms. The second-order valence-corrected chi connectivity index (χ2v) is 10.1. The molecule has 0 saturated heterocycles. The number of ether oxygens (including phenoxy) is 1. The number of rotatable bonds is 9. The number of benzene rings is 2. The number of hydrogen-bond donors (Lipinski definition) is 1. The molecule has 4 rings (SSSR count). The lowest BCUT2D eigenvalue weighted by Gasteiger charge is -2.18. The molecule has 2 aromatic carbocycles. The Kier molecular flexibility index (Phi) is 7.11. The van der Waals surface area contributed by atoms with Crippen LogP contribution in [0.2, 0.25) is 5.02 Å². The molecule has 0 aliphatic heterocycles. The van der Waals surface area contributed by atoms with E-state index in [1.165, 1.54) is 17.5 Å². The van der Waals surface area contributed by atoms with Crippen LogP contribution in [0.15, 0.2) is 65.7 Å². The van der Waals surface area contributed by atoms with Crippen molar-refractivity contribution >= 4 is 46.4 Å². The lowest BCUT2D eigenvalue weighted by molar-refractivity contribution is 0.412. The summed E-state index contributed by atoms with van der Waals surface area (Å²) in [5.41, 5.74) is 2.39. The summed E-state index contributed by atoms with van der Waals surface area (Å²) in [5, 5.41) is 8.19. The molecule has 0 bridgehead atoms. The Hall–Kier alpha value is -3.08. The minimum atomic E-state index is -3.63. The van der Waals surface area contributed by atoms with E-state index in [0.29, 0.717) is 52.9 Å². The monoisotopic (exact) mass is 495 g/mol. The predicted octanol–water partition coefficient (Wildman–Crippen LogP) is 2.97. The largest absolute Gasteiger partial charge is 0.497 e. The number of halogens is 1. The predicted molar refractivity (Wildman–Crippen MR) is 135 cm³/mol. The van der Waals surface area contributed by atoms with Gasteiger partial charge in [0, 0.05) is 49.1 Å². The van der Waals surface area contributed by atoms with Gasteiger partial charge in [-0.2, -0.15) is 9.61 Å². The van der Waals surface area contributed by atoms with Gasteiger partial charge in [-0.05, 0) is 30.1 Å². The standard InChI is InChI=1S/C23H23BClN5O3S/c1-29(34(31,32)17-8-5-7-16(13-17)33-2)12-6-11-26-22-14-21(18-9-3-4-10-20(18)25)28-23-19(24)15-27-30(22)23/h3-5,7-10,13-15,26H,6,11-12H2,1-2H3. The summed E-state index contributed by atoms with van der Waals surface area (Å²) < 4.78 is 33.8. The van der Waals surface area contributed by atoms with Crippen molar-refractivity contribution in [2.45, 2.75) is 11.3 Å². The third-order valence-electron chi connectivity index (χ3n) is 5.35. The molecule has 2 aromatic heterocycles. The molecule has 4 aromatic rings. The molecule has 174 valence electrons. The summed E-state index contributed by atoms with van der Waals surface area (Å²) in [6.07, 6.45) is 2.10. The van der Waals surface area contributed by atoms with Crippen molar-refractivity contribution < 1.29 is 13.2 Å². The van der Waals surface area contributed by atoms with Crippen molar-refractivity contribution in [1.82, 2.24) is 18.9 Å². The number of sulfonamides is 1. The third-order valence-corrected chi connectivity index (χ3v) is 7.54. The maximum absolute atomic E-state index is 12.9. The van der Waals surface area contributed by atoms with Gasteiger partial charge in [-0.25, -0.2) is 17.7 Å². The minimum Gasteiger partial charge on any atom is -0.497 e. The van der Waals surface area contributed by atoms with Crippen LogP contribution >= 0.6 is 11.6 Å². The van der Waals surface area contributed by atoms with Gasteiger partial charge in [0.25, 0.3) is 0 Å². The molecule has 0 unspecified atom stereocenters. The first-order valence-corrected chi connectivity index (χ1v) is 12.4. The van der Waals surface area contributed by atoms with Gasteiger partial charge in [0.05, 0.1) is 17.7 Å². The van der Waals surface area contributed by atoms with E-state index in [9.17, 15) is 8.42 Å². The van der Waals surface area contributed by atoms with E-state index in [-0.39, 0.29) is 4.90 Å². The van der Waals surface area contributed by atoms with E-state index in [4.69, 9.17) is 24.2 Å². The first-order valence-electron chi connectivity index (χ1n) is 10.5. The highest BCUT2D eigenvalue weighted by Gasteiger charge is 2.21. The maximum atomic E-state index is 12.9. The fraction of sp³-hybridized carbons (Fsp3) is 0.217. The van der Waals surface area contributed by atoms with E-state index in [2.05, 4.69) is 15.4 Å². The van der Waals surface area contributed by atoms with Crippen LogP contribution in [-0.2, 0) is 10.0 Å². The average Bonchev–Trinajstić information content (AvgIpc) is 3.22. The van der Waals surface area contributed by atoms with Crippen LogP contribution in [0.25, 0.3) is 16.9 Å². The van der Waals surface area contributed by atoms with Crippen LogP contribution in [-0.4, -0.2) is 62.4 Å². The van der Waals surface area contributed by atoms with Crippen LogP contribution in [0.3, 0.4) is 0 Å². The zero-order valence-electron chi connectivity index (χ0n) is 18.8. The first kappa shape index (κ1) is 24.1. The van der Waals surface area contributed by atoms with Gasteiger partial charge < -0.3 is 10.1 Å². The molecule has 0 amide bonds. The SMILES string of the molecule is [B]c1cnn2c(NCCCN(C)S(=O)(=O)c3cccc(OC)c3)cc(-c3ccccc3Cl)nc12. The van der Waals surface area contributed by atoms with Gasteiger partial charge >= 0.3 is 0 Å². The molecule has 0 aliphatic rings. The van der Waals surface area contributed by atoms with Crippen LogP contribution in [0, 0.1) is 0 Å². The third kappa shape index (κ3) is 4.89. The van der Waals surface area contributed by atoms with Crippen LogP contribution in [0.4, 0.5) is 5.82 Å². The first-order chi connectivity index (χ1) is 16.3. The zero-order chi connectivity index (χ0) is 24.3. The van der Waals surface area contributed by atoms with Crippen molar-refractivity contribution in [1.29, 1.82) is 0 Å². The molecule has 34 heavy (non-hydrogen) atoms. The van der Waals surface area contributed by atoms with Gasteiger partial charge in [0.2, 0.25) is 10.0 Å². The summed E-state index contributed by atoms with van der Waals surface area (Å²) in [5.74, 6) is 1.17. The minimum absolute atomic E-state index is 0.189. The summed E-state index contributed by atoms with van der Waals surface area (Å²) in [7, 11) is 5.49. The highest BCUT2D eigenvalue weighted by Crippen LogP contribution is 2.28. The summed E-state index contributed by atoms with van der Waals surface area (Å²) in [4.78, 5) is 4.81. The molecular weight excluding hydrogens is 473 g/mol. The lowest BCUT2D eigenvalue weighted by Crippen LogP contribution is -2.29. The van der Waals surface area contributed by atoms with Crippen LogP contribution in [0.1, 0.15) is 6.42 Å². The Balaban J connectivity index is 1.48. The van der Waals surface area contributed by atoms with Crippen molar-refractivity contribution in [3.63, 3.8) is 0 Å². The van der Waals surface area contributed by atoms with Gasteiger partial charge in [-0.15, -0.1) is 0 Å². The van der Waals surface area contributed by atoms with Gasteiger partial charge in [-0.3, -0.25) is 0 Å². The number of nitrogens with zero attached hydrogens (tertiary/aromatic N) is 4. The second kappa shape index (κ2) is 10.0. The Labute approximate surface area is 205 Å². The molecule has 2 heterocycles. The average molecular weight is 496 g/mol. The number of aromatic nitrogens is 3. The quantitative estimate of drug-likeness (QED) is 0.284. The number of nitrogens with one attached hydrogen (secondary N) is 1. The van der Waals surface area contributed by atoms with Crippen molar-refractivity contribution in [2.24, 2.45) is 0 Å². The van der Waals surface area contributed by atoms with Gasteiger partial charge in [0.1, 0.15) is 19.4 Å². The molecule has 0 fully saturated rings. The molecule has 0 atom stereocenters. The summed E-state index contributed by atoms with van der Waals surface area (Å²) in [6.45, 7) is 0.818. The number of methoxy groups -OCH3 is 1. The summed E-state index contributed by atoms with van der Waals surface area (Å²) >= 11 is 6.37. The Morgan fingerprint density at radius 3 is 2.74 bits per heavy atom.